The fourth-order valence-electron chi connectivity index (χ4n) is 4.54. The molecule has 0 radical (unpaired) electrons. The quantitative estimate of drug-likeness (QED) is 0.685. The summed E-state index contributed by atoms with van der Waals surface area (Å²) in [6.45, 7) is 6.56. The first kappa shape index (κ1) is 19.3. The van der Waals surface area contributed by atoms with Gasteiger partial charge < -0.3 is 19.6 Å². The van der Waals surface area contributed by atoms with Crippen molar-refractivity contribution in [3.05, 3.63) is 30.6 Å². The molecule has 3 aromatic heterocycles. The van der Waals surface area contributed by atoms with Crippen molar-refractivity contribution in [2.75, 3.05) is 49.3 Å². The first-order valence-electron chi connectivity index (χ1n) is 10.7. The Hall–Kier alpha value is -2.71. The molecule has 0 amide bonds. The fourth-order valence-corrected chi connectivity index (χ4v) is 4.54. The second kappa shape index (κ2) is 8.20. The third-order valence-corrected chi connectivity index (χ3v) is 6.32. The van der Waals surface area contributed by atoms with Gasteiger partial charge in [0.15, 0.2) is 0 Å². The molecule has 2 aliphatic heterocycles. The molecular formula is C22H28N6O2. The highest BCUT2D eigenvalue weighted by Crippen LogP contribution is 2.36. The number of morpholine rings is 1. The van der Waals surface area contributed by atoms with Gasteiger partial charge in [-0.1, -0.05) is 0 Å². The first-order valence-corrected chi connectivity index (χ1v) is 10.7. The number of pyridine rings is 2. The van der Waals surface area contributed by atoms with E-state index in [1.165, 1.54) is 5.69 Å². The first-order chi connectivity index (χ1) is 14.7. The number of piperidine rings is 1. The van der Waals surface area contributed by atoms with Gasteiger partial charge in [0.2, 0.25) is 0 Å². The lowest BCUT2D eigenvalue weighted by molar-refractivity contribution is 0.0986. The monoisotopic (exact) mass is 408 g/mol. The molecule has 158 valence electrons. The van der Waals surface area contributed by atoms with Crippen LogP contribution >= 0.6 is 0 Å². The Balaban J connectivity index is 1.64. The number of hydrogen-bond acceptors (Lipinski definition) is 7. The lowest BCUT2D eigenvalue weighted by Crippen LogP contribution is -2.44. The number of H-pyrrole nitrogens is 1. The number of fused-ring (bicyclic) bond motifs is 1. The highest BCUT2D eigenvalue weighted by Gasteiger charge is 2.26. The summed E-state index contributed by atoms with van der Waals surface area (Å²) in [5.74, 6) is 1.36. The third-order valence-electron chi connectivity index (χ3n) is 6.32. The summed E-state index contributed by atoms with van der Waals surface area (Å²) >= 11 is 0. The lowest BCUT2D eigenvalue weighted by Gasteiger charge is -2.37. The summed E-state index contributed by atoms with van der Waals surface area (Å²) in [6, 6.07) is 6.48. The maximum atomic E-state index is 9.54. The number of anilines is 2. The maximum Gasteiger partial charge on any atom is 0.131 e. The molecule has 0 aromatic carbocycles. The Morgan fingerprint density at radius 2 is 2.07 bits per heavy atom. The molecule has 0 bridgehead atoms. The van der Waals surface area contributed by atoms with Crippen molar-refractivity contribution in [3.8, 4) is 11.4 Å². The normalized spacial score (nSPS) is 20.8. The molecule has 3 aromatic rings. The van der Waals surface area contributed by atoms with Gasteiger partial charge in [-0.2, -0.15) is 5.10 Å². The molecule has 8 nitrogen and oxygen atoms in total. The van der Waals surface area contributed by atoms with Gasteiger partial charge in [-0.3, -0.25) is 10.1 Å². The number of hydrogen-bond donors (Lipinski definition) is 2. The Bertz CT molecular complexity index is 1000. The zero-order valence-electron chi connectivity index (χ0n) is 17.3. The van der Waals surface area contributed by atoms with E-state index in [0.717, 1.165) is 60.6 Å². The van der Waals surface area contributed by atoms with E-state index >= 15 is 0 Å². The summed E-state index contributed by atoms with van der Waals surface area (Å²) in [4.78, 5) is 14.5. The Morgan fingerprint density at radius 3 is 2.80 bits per heavy atom. The molecule has 2 aliphatic rings. The van der Waals surface area contributed by atoms with Crippen LogP contribution in [0.2, 0.25) is 0 Å². The van der Waals surface area contributed by atoms with Crippen molar-refractivity contribution < 1.29 is 9.84 Å². The van der Waals surface area contributed by atoms with Gasteiger partial charge in [-0.15, -0.1) is 0 Å². The molecule has 8 heteroatoms. The van der Waals surface area contributed by atoms with E-state index in [4.69, 9.17) is 9.72 Å². The molecule has 2 fully saturated rings. The predicted octanol–water partition coefficient (Wildman–Crippen LogP) is 2.45. The van der Waals surface area contributed by atoms with Crippen LogP contribution in [0, 0.1) is 5.92 Å². The number of aromatic amines is 1. The highest BCUT2D eigenvalue weighted by molar-refractivity contribution is 6.00. The number of rotatable bonds is 4. The van der Waals surface area contributed by atoms with Crippen molar-refractivity contribution >= 4 is 22.4 Å². The van der Waals surface area contributed by atoms with E-state index in [1.54, 1.807) is 6.20 Å². The number of aliphatic hydroxyl groups excluding tert-OH is 1. The summed E-state index contributed by atoms with van der Waals surface area (Å²) in [6.07, 6.45) is 5.59. The Labute approximate surface area is 175 Å². The fraction of sp³-hybridized carbons (Fsp3) is 0.500. The van der Waals surface area contributed by atoms with Crippen LogP contribution in [-0.4, -0.2) is 70.8 Å². The number of nitrogens with one attached hydrogen (secondary N) is 1. The van der Waals surface area contributed by atoms with E-state index < -0.39 is 0 Å². The molecular weight excluding hydrogens is 380 g/mol. The highest BCUT2D eigenvalue weighted by atomic mass is 16.5. The zero-order valence-corrected chi connectivity index (χ0v) is 17.3. The number of ether oxygens (including phenoxy) is 1. The van der Waals surface area contributed by atoms with E-state index in [9.17, 15) is 5.11 Å². The minimum atomic E-state index is 0.268. The van der Waals surface area contributed by atoms with Crippen molar-refractivity contribution in [3.63, 3.8) is 0 Å². The molecule has 1 atom stereocenters. The van der Waals surface area contributed by atoms with Crippen LogP contribution in [-0.2, 0) is 4.74 Å². The van der Waals surface area contributed by atoms with Crippen LogP contribution in [0.5, 0.6) is 0 Å². The van der Waals surface area contributed by atoms with Crippen LogP contribution in [0.25, 0.3) is 22.3 Å². The van der Waals surface area contributed by atoms with Gasteiger partial charge in [0.1, 0.15) is 17.0 Å². The van der Waals surface area contributed by atoms with Crippen molar-refractivity contribution in [1.29, 1.82) is 0 Å². The lowest BCUT2D eigenvalue weighted by atomic mass is 9.97. The molecule has 0 aliphatic carbocycles. The second-order valence-electron chi connectivity index (χ2n) is 8.26. The molecule has 0 spiro atoms. The van der Waals surface area contributed by atoms with E-state index in [-0.39, 0.29) is 12.6 Å². The molecule has 2 N–H and O–H groups in total. The van der Waals surface area contributed by atoms with Gasteiger partial charge in [-0.25, -0.2) is 4.98 Å². The van der Waals surface area contributed by atoms with Crippen LogP contribution in [0.3, 0.4) is 0 Å². The van der Waals surface area contributed by atoms with Crippen LogP contribution in [0.1, 0.15) is 19.8 Å². The Morgan fingerprint density at radius 1 is 1.20 bits per heavy atom. The Kier molecular flexibility index (Phi) is 5.26. The molecule has 1 unspecified atom stereocenters. The second-order valence-corrected chi connectivity index (χ2v) is 8.26. The van der Waals surface area contributed by atoms with Gasteiger partial charge >= 0.3 is 0 Å². The minimum absolute atomic E-state index is 0.268. The van der Waals surface area contributed by atoms with Crippen molar-refractivity contribution in [2.24, 2.45) is 5.92 Å². The number of aliphatic hydroxyl groups is 1. The van der Waals surface area contributed by atoms with Crippen LogP contribution < -0.4 is 9.80 Å². The van der Waals surface area contributed by atoms with Gasteiger partial charge in [0.05, 0.1) is 24.9 Å². The smallest absolute Gasteiger partial charge is 0.131 e. The molecule has 5 rings (SSSR count). The average Bonchev–Trinajstić information content (AvgIpc) is 3.33. The van der Waals surface area contributed by atoms with E-state index in [2.05, 4.69) is 44.0 Å². The topological polar surface area (TPSA) is 90.4 Å². The standard InChI is InChI=1S/C22H28N6O2/c1-15-14-30-11-10-28(15)20-12-19(27-8-4-16(13-29)5-9-27)17-2-6-23-22(21(17)25-20)18-3-7-24-26-18/h2-3,6-7,12,15-16,29H,4-5,8-11,13-14H2,1H3,(H,24,26). The molecule has 30 heavy (non-hydrogen) atoms. The summed E-state index contributed by atoms with van der Waals surface area (Å²) < 4.78 is 5.65. The van der Waals surface area contributed by atoms with Crippen molar-refractivity contribution in [2.45, 2.75) is 25.8 Å². The van der Waals surface area contributed by atoms with E-state index in [0.29, 0.717) is 19.1 Å². The zero-order chi connectivity index (χ0) is 20.5. The average molecular weight is 409 g/mol. The van der Waals surface area contributed by atoms with Gasteiger partial charge in [0.25, 0.3) is 0 Å². The molecule has 0 saturated carbocycles. The van der Waals surface area contributed by atoms with Crippen LogP contribution in [0.15, 0.2) is 30.6 Å². The van der Waals surface area contributed by atoms with E-state index in [1.807, 2.05) is 12.3 Å². The molecule has 2 saturated heterocycles. The minimum Gasteiger partial charge on any atom is -0.396 e. The summed E-state index contributed by atoms with van der Waals surface area (Å²) in [7, 11) is 0. The number of nitrogens with zero attached hydrogens (tertiary/aromatic N) is 5. The third kappa shape index (κ3) is 3.50. The maximum absolute atomic E-state index is 9.54. The van der Waals surface area contributed by atoms with Crippen LogP contribution in [0.4, 0.5) is 11.5 Å². The predicted molar refractivity (Wildman–Crippen MR) is 117 cm³/mol. The largest absolute Gasteiger partial charge is 0.396 e. The molecule has 5 heterocycles. The summed E-state index contributed by atoms with van der Waals surface area (Å²) in [5, 5.41) is 17.8. The van der Waals surface area contributed by atoms with Crippen molar-refractivity contribution in [1.82, 2.24) is 20.2 Å². The number of aromatic nitrogens is 4. The van der Waals surface area contributed by atoms with Gasteiger partial charge in [0, 0.05) is 55.8 Å². The SMILES string of the molecule is CC1COCCN1c1cc(N2CCC(CO)CC2)c2ccnc(-c3ccn[nH]3)c2n1. The summed E-state index contributed by atoms with van der Waals surface area (Å²) in [5.41, 5.74) is 3.76. The van der Waals surface area contributed by atoms with Gasteiger partial charge in [-0.05, 0) is 37.8 Å².